The maximum absolute atomic E-state index is 12.2. The third-order valence-electron chi connectivity index (χ3n) is 3.38. The van der Waals surface area contributed by atoms with E-state index in [1.807, 2.05) is 24.3 Å². The molecule has 2 rings (SSSR count). The number of hydrogen-bond donors (Lipinski definition) is 1. The Hall–Kier alpha value is -1.61. The number of hydrogen-bond acceptors (Lipinski definition) is 3. The average molecular weight is 444 g/mol. The van der Waals surface area contributed by atoms with Gasteiger partial charge in [0.1, 0.15) is 0 Å². The highest BCUT2D eigenvalue weighted by atomic mass is 127. The Balaban J connectivity index is 2.13. The zero-order valence-corrected chi connectivity index (χ0v) is 15.8. The fraction of sp³-hybridized carbons (Fsp3) is 0.188. The molecule has 23 heavy (non-hydrogen) atoms. The second-order valence-corrected chi connectivity index (χ2v) is 8.41. The van der Waals surface area contributed by atoms with Gasteiger partial charge in [-0.1, -0.05) is 0 Å². The summed E-state index contributed by atoms with van der Waals surface area (Å²) in [6.45, 7) is 1.59. The van der Waals surface area contributed by atoms with Crippen LogP contribution >= 0.6 is 22.6 Å². The van der Waals surface area contributed by atoms with Gasteiger partial charge in [-0.15, -0.1) is 0 Å². The van der Waals surface area contributed by atoms with Crippen LogP contribution in [0.15, 0.2) is 48.5 Å². The first-order chi connectivity index (χ1) is 10.8. The first-order valence-electron chi connectivity index (χ1n) is 6.97. The van der Waals surface area contributed by atoms with E-state index in [4.69, 9.17) is 0 Å². The van der Waals surface area contributed by atoms with Crippen LogP contribution in [0.25, 0.3) is 0 Å². The maximum Gasteiger partial charge on any atom is 0.255 e. The molecule has 0 saturated heterocycles. The molecule has 0 aliphatic heterocycles. The topological polar surface area (TPSA) is 66.5 Å². The standard InChI is InChI=1S/C16H17IN2O3S/c1-3-23(21,22)19(2)15-10-4-12(5-11-15)16(20)18-14-8-6-13(17)7-9-14/h4-11H,3H2,1-2H3,(H,18,20). The lowest BCUT2D eigenvalue weighted by Gasteiger charge is -2.18. The second-order valence-electron chi connectivity index (χ2n) is 4.88. The van der Waals surface area contributed by atoms with Gasteiger partial charge in [-0.3, -0.25) is 9.10 Å². The molecule has 0 spiro atoms. The van der Waals surface area contributed by atoms with Crippen molar-refractivity contribution in [3.8, 4) is 0 Å². The predicted octanol–water partition coefficient (Wildman–Crippen LogP) is 3.33. The van der Waals surface area contributed by atoms with E-state index in [0.29, 0.717) is 16.9 Å². The summed E-state index contributed by atoms with van der Waals surface area (Å²) in [7, 11) is -1.81. The molecule has 0 radical (unpaired) electrons. The Labute approximate surface area is 149 Å². The Morgan fingerprint density at radius 2 is 1.65 bits per heavy atom. The number of rotatable bonds is 5. The van der Waals surface area contributed by atoms with Crippen LogP contribution in [-0.4, -0.2) is 27.1 Å². The highest BCUT2D eigenvalue weighted by molar-refractivity contribution is 14.1. The molecule has 0 aliphatic rings. The lowest BCUT2D eigenvalue weighted by molar-refractivity contribution is 0.102. The third-order valence-corrected chi connectivity index (χ3v) is 5.87. The van der Waals surface area contributed by atoms with Crippen LogP contribution in [0.4, 0.5) is 11.4 Å². The molecule has 0 heterocycles. The maximum atomic E-state index is 12.2. The lowest BCUT2D eigenvalue weighted by atomic mass is 10.2. The monoisotopic (exact) mass is 444 g/mol. The van der Waals surface area contributed by atoms with E-state index in [1.165, 1.54) is 11.4 Å². The molecule has 5 nitrogen and oxygen atoms in total. The molecular formula is C16H17IN2O3S. The first-order valence-corrected chi connectivity index (χ1v) is 9.66. The van der Waals surface area contributed by atoms with Crippen molar-refractivity contribution in [2.75, 3.05) is 22.4 Å². The quantitative estimate of drug-likeness (QED) is 0.720. The fourth-order valence-electron chi connectivity index (χ4n) is 1.91. The summed E-state index contributed by atoms with van der Waals surface area (Å²) in [6.07, 6.45) is 0. The molecule has 2 aromatic carbocycles. The molecule has 0 aliphatic carbocycles. The van der Waals surface area contributed by atoms with Gasteiger partial charge in [0.05, 0.1) is 11.4 Å². The SMILES string of the molecule is CCS(=O)(=O)N(C)c1ccc(C(=O)Nc2ccc(I)cc2)cc1. The highest BCUT2D eigenvalue weighted by Crippen LogP contribution is 2.18. The summed E-state index contributed by atoms with van der Waals surface area (Å²) in [6, 6.07) is 13.9. The van der Waals surface area contributed by atoms with Crippen molar-refractivity contribution >= 4 is 49.9 Å². The summed E-state index contributed by atoms with van der Waals surface area (Å²) in [4.78, 5) is 12.2. The molecule has 0 aromatic heterocycles. The lowest BCUT2D eigenvalue weighted by Crippen LogP contribution is -2.28. The number of carbonyl (C=O) groups excluding carboxylic acids is 1. The Bertz CT molecular complexity index is 787. The number of anilines is 2. The third kappa shape index (κ3) is 4.44. The first kappa shape index (κ1) is 17.7. The number of carbonyl (C=O) groups is 1. The number of amides is 1. The van der Waals surface area contributed by atoms with Gasteiger partial charge < -0.3 is 5.32 Å². The van der Waals surface area contributed by atoms with Crippen molar-refractivity contribution in [1.29, 1.82) is 0 Å². The summed E-state index contributed by atoms with van der Waals surface area (Å²) in [5, 5.41) is 2.80. The van der Waals surface area contributed by atoms with Gasteiger partial charge in [0.2, 0.25) is 10.0 Å². The summed E-state index contributed by atoms with van der Waals surface area (Å²) < 4.78 is 26.0. The van der Waals surface area contributed by atoms with Crippen LogP contribution in [0.1, 0.15) is 17.3 Å². The van der Waals surface area contributed by atoms with E-state index < -0.39 is 10.0 Å². The van der Waals surface area contributed by atoms with E-state index in [2.05, 4.69) is 27.9 Å². The fourth-order valence-corrected chi connectivity index (χ4v) is 3.10. The second kappa shape index (κ2) is 7.31. The van der Waals surface area contributed by atoms with Crippen LogP contribution in [0, 0.1) is 3.57 Å². The van der Waals surface area contributed by atoms with Gasteiger partial charge in [-0.25, -0.2) is 8.42 Å². The van der Waals surface area contributed by atoms with Crippen LogP contribution in [0.3, 0.4) is 0 Å². The number of nitrogens with zero attached hydrogens (tertiary/aromatic N) is 1. The Morgan fingerprint density at radius 3 is 2.17 bits per heavy atom. The molecule has 1 N–H and O–H groups in total. The molecule has 1 amide bonds. The number of sulfonamides is 1. The highest BCUT2D eigenvalue weighted by Gasteiger charge is 2.16. The largest absolute Gasteiger partial charge is 0.322 e. The van der Waals surface area contributed by atoms with Gasteiger partial charge >= 0.3 is 0 Å². The molecule has 122 valence electrons. The Morgan fingerprint density at radius 1 is 1.09 bits per heavy atom. The Kier molecular flexibility index (Phi) is 5.64. The summed E-state index contributed by atoms with van der Waals surface area (Å²) >= 11 is 2.19. The molecular weight excluding hydrogens is 427 g/mol. The zero-order valence-electron chi connectivity index (χ0n) is 12.8. The molecule has 0 atom stereocenters. The number of benzene rings is 2. The predicted molar refractivity (Wildman–Crippen MR) is 101 cm³/mol. The summed E-state index contributed by atoms with van der Waals surface area (Å²) in [5.74, 6) is -0.211. The minimum Gasteiger partial charge on any atom is -0.322 e. The van der Waals surface area contributed by atoms with E-state index in [-0.39, 0.29) is 11.7 Å². The van der Waals surface area contributed by atoms with Gasteiger partial charge in [-0.05, 0) is 78.0 Å². The molecule has 2 aromatic rings. The van der Waals surface area contributed by atoms with Crippen molar-refractivity contribution in [2.45, 2.75) is 6.92 Å². The van der Waals surface area contributed by atoms with Crippen molar-refractivity contribution in [2.24, 2.45) is 0 Å². The smallest absolute Gasteiger partial charge is 0.255 e. The molecule has 0 saturated carbocycles. The van der Waals surface area contributed by atoms with Crippen LogP contribution < -0.4 is 9.62 Å². The molecule has 7 heteroatoms. The zero-order chi connectivity index (χ0) is 17.0. The van der Waals surface area contributed by atoms with Gasteiger partial charge in [-0.2, -0.15) is 0 Å². The number of halogens is 1. The normalized spacial score (nSPS) is 11.1. The van der Waals surface area contributed by atoms with Crippen LogP contribution in [0.5, 0.6) is 0 Å². The van der Waals surface area contributed by atoms with Crippen molar-refractivity contribution in [3.63, 3.8) is 0 Å². The summed E-state index contributed by atoms with van der Waals surface area (Å²) in [5.41, 5.74) is 1.71. The minimum absolute atomic E-state index is 0.0263. The van der Waals surface area contributed by atoms with Crippen molar-refractivity contribution in [3.05, 3.63) is 57.7 Å². The van der Waals surface area contributed by atoms with Gasteiger partial charge in [0, 0.05) is 21.9 Å². The molecule has 0 fully saturated rings. The van der Waals surface area contributed by atoms with Crippen LogP contribution in [-0.2, 0) is 10.0 Å². The van der Waals surface area contributed by atoms with E-state index in [1.54, 1.807) is 31.2 Å². The van der Waals surface area contributed by atoms with E-state index >= 15 is 0 Å². The van der Waals surface area contributed by atoms with Crippen molar-refractivity contribution in [1.82, 2.24) is 0 Å². The molecule has 0 unspecified atom stereocenters. The minimum atomic E-state index is -3.30. The average Bonchev–Trinajstić information content (AvgIpc) is 2.56. The van der Waals surface area contributed by atoms with E-state index in [0.717, 1.165) is 3.57 Å². The van der Waals surface area contributed by atoms with Crippen molar-refractivity contribution < 1.29 is 13.2 Å². The van der Waals surface area contributed by atoms with Gasteiger partial charge in [0.15, 0.2) is 0 Å². The molecule has 0 bridgehead atoms. The van der Waals surface area contributed by atoms with E-state index in [9.17, 15) is 13.2 Å². The van der Waals surface area contributed by atoms with Crippen LogP contribution in [0.2, 0.25) is 0 Å². The van der Waals surface area contributed by atoms with Gasteiger partial charge in [0.25, 0.3) is 5.91 Å². The number of nitrogens with one attached hydrogen (secondary N) is 1.